The number of nitrogens with one attached hydrogen (secondary N) is 1. The van der Waals surface area contributed by atoms with E-state index in [1.165, 1.54) is 10.4 Å². The fourth-order valence-corrected chi connectivity index (χ4v) is 5.32. The molecule has 1 atom stereocenters. The highest BCUT2D eigenvalue weighted by atomic mass is 32.2. The molecule has 2 aromatic carbocycles. The first-order chi connectivity index (χ1) is 15.1. The highest BCUT2D eigenvalue weighted by Crippen LogP contribution is 2.26. The predicted octanol–water partition coefficient (Wildman–Crippen LogP) is 4.08. The summed E-state index contributed by atoms with van der Waals surface area (Å²) in [5.41, 5.74) is 1.29. The van der Waals surface area contributed by atoms with Crippen LogP contribution in [0.5, 0.6) is 0 Å². The van der Waals surface area contributed by atoms with Gasteiger partial charge in [-0.2, -0.15) is 4.31 Å². The number of rotatable bonds is 7. The average molecular weight is 466 g/mol. The van der Waals surface area contributed by atoms with Gasteiger partial charge in [0.1, 0.15) is 11.6 Å². The van der Waals surface area contributed by atoms with Crippen LogP contribution in [-0.2, 0) is 14.8 Å². The summed E-state index contributed by atoms with van der Waals surface area (Å²) in [5, 5.41) is 2.76. The lowest BCUT2D eigenvalue weighted by atomic mass is 10.1. The van der Waals surface area contributed by atoms with Crippen molar-refractivity contribution in [3.63, 3.8) is 0 Å². The van der Waals surface area contributed by atoms with E-state index in [0.29, 0.717) is 18.8 Å². The number of aryl methyl sites for hydroxylation is 1. The normalized spacial score (nSPS) is 16.2. The molecule has 1 amide bonds. The van der Waals surface area contributed by atoms with E-state index in [0.717, 1.165) is 43.0 Å². The Kier molecular flexibility index (Phi) is 7.63. The van der Waals surface area contributed by atoms with E-state index in [1.807, 2.05) is 0 Å². The largest absolute Gasteiger partial charge is 0.325 e. The lowest BCUT2D eigenvalue weighted by Crippen LogP contribution is -2.35. The van der Waals surface area contributed by atoms with Gasteiger partial charge in [0.2, 0.25) is 15.9 Å². The number of anilines is 1. The van der Waals surface area contributed by atoms with Crippen LogP contribution < -0.4 is 5.32 Å². The quantitative estimate of drug-likeness (QED) is 0.669. The van der Waals surface area contributed by atoms with E-state index >= 15 is 0 Å². The average Bonchev–Trinajstić information content (AvgIpc) is 2.76. The third kappa shape index (κ3) is 5.51. The molecule has 1 N–H and O–H groups in total. The Bertz CT molecular complexity index is 1090. The Morgan fingerprint density at radius 2 is 1.81 bits per heavy atom. The van der Waals surface area contributed by atoms with Crippen LogP contribution in [0.3, 0.4) is 0 Å². The molecule has 0 aromatic heterocycles. The van der Waals surface area contributed by atoms with Crippen molar-refractivity contribution in [2.24, 2.45) is 0 Å². The highest BCUT2D eigenvalue weighted by Gasteiger charge is 2.26. The molecule has 0 saturated carbocycles. The fourth-order valence-electron chi connectivity index (χ4n) is 3.78. The summed E-state index contributed by atoms with van der Waals surface area (Å²) >= 11 is 0. The van der Waals surface area contributed by atoms with E-state index in [9.17, 15) is 22.0 Å². The van der Waals surface area contributed by atoms with Gasteiger partial charge in [-0.15, -0.1) is 0 Å². The number of amides is 1. The molecule has 1 aliphatic rings. The molecule has 1 heterocycles. The maximum Gasteiger partial charge on any atom is 0.243 e. The topological polar surface area (TPSA) is 69.7 Å². The Morgan fingerprint density at radius 3 is 2.50 bits per heavy atom. The summed E-state index contributed by atoms with van der Waals surface area (Å²) in [5.74, 6) is -1.47. The lowest BCUT2D eigenvalue weighted by Gasteiger charge is -2.26. The maximum absolute atomic E-state index is 14.1. The van der Waals surface area contributed by atoms with Crippen LogP contribution in [0.25, 0.3) is 0 Å². The Labute approximate surface area is 188 Å². The molecule has 3 rings (SSSR count). The third-order valence-corrected chi connectivity index (χ3v) is 7.79. The van der Waals surface area contributed by atoms with Crippen LogP contribution in [0.2, 0.25) is 0 Å². The van der Waals surface area contributed by atoms with E-state index in [1.54, 1.807) is 37.9 Å². The molecule has 32 heavy (non-hydrogen) atoms. The van der Waals surface area contributed by atoms with Gasteiger partial charge < -0.3 is 5.32 Å². The molecule has 1 unspecified atom stereocenters. The second-order valence-corrected chi connectivity index (χ2v) is 10.2. The number of halogens is 2. The van der Waals surface area contributed by atoms with Gasteiger partial charge >= 0.3 is 0 Å². The molecule has 0 bridgehead atoms. The number of hydrogen-bond donors (Lipinski definition) is 1. The Morgan fingerprint density at radius 1 is 1.12 bits per heavy atom. The number of piperidine rings is 1. The van der Waals surface area contributed by atoms with Gasteiger partial charge in [0.05, 0.1) is 11.4 Å². The van der Waals surface area contributed by atoms with Gasteiger partial charge in [0, 0.05) is 30.4 Å². The zero-order valence-corrected chi connectivity index (χ0v) is 19.4. The standard InChI is InChI=1S/C23H29F2N3O3S/c1-16-7-9-19(32(30,31)28-11-5-4-6-12-28)14-22(16)26-23(29)15-27(3)17(2)20-13-18(24)8-10-21(20)25/h7-10,13-14,17H,4-6,11-12,15H2,1-3H3,(H,26,29). The molecular formula is C23H29F2N3O3S. The molecule has 1 fully saturated rings. The molecular weight excluding hydrogens is 436 g/mol. The molecule has 174 valence electrons. The smallest absolute Gasteiger partial charge is 0.243 e. The number of likely N-dealkylation sites (N-methyl/N-ethyl adjacent to an activating group) is 1. The first kappa shape index (κ1) is 24.3. The summed E-state index contributed by atoms with van der Waals surface area (Å²) < 4.78 is 55.0. The summed E-state index contributed by atoms with van der Waals surface area (Å²) in [6.45, 7) is 4.37. The van der Waals surface area contributed by atoms with Gasteiger partial charge in [-0.25, -0.2) is 17.2 Å². The van der Waals surface area contributed by atoms with Crippen LogP contribution in [0, 0.1) is 18.6 Å². The van der Waals surface area contributed by atoms with Gasteiger partial charge in [0.25, 0.3) is 0 Å². The Balaban J connectivity index is 1.72. The van der Waals surface area contributed by atoms with E-state index < -0.39 is 27.7 Å². The zero-order valence-electron chi connectivity index (χ0n) is 18.6. The number of sulfonamides is 1. The SMILES string of the molecule is Cc1ccc(S(=O)(=O)N2CCCCC2)cc1NC(=O)CN(C)C(C)c1cc(F)ccc1F. The van der Waals surface area contributed by atoms with E-state index in [2.05, 4.69) is 5.32 Å². The number of benzene rings is 2. The molecule has 6 nitrogen and oxygen atoms in total. The number of nitrogens with zero attached hydrogens (tertiary/aromatic N) is 2. The molecule has 9 heteroatoms. The van der Waals surface area contributed by atoms with Crippen molar-refractivity contribution < 1.29 is 22.0 Å². The monoisotopic (exact) mass is 465 g/mol. The van der Waals surface area contributed by atoms with Crippen LogP contribution in [0.15, 0.2) is 41.3 Å². The van der Waals surface area contributed by atoms with Gasteiger partial charge in [-0.05, 0) is 69.6 Å². The minimum Gasteiger partial charge on any atom is -0.325 e. The van der Waals surface area contributed by atoms with Crippen LogP contribution >= 0.6 is 0 Å². The van der Waals surface area contributed by atoms with Crippen LogP contribution in [0.4, 0.5) is 14.5 Å². The minimum atomic E-state index is -3.62. The van der Waals surface area contributed by atoms with Gasteiger partial charge in [-0.3, -0.25) is 9.69 Å². The van der Waals surface area contributed by atoms with Crippen molar-refractivity contribution >= 4 is 21.6 Å². The zero-order chi connectivity index (χ0) is 23.5. The maximum atomic E-state index is 14.1. The second-order valence-electron chi connectivity index (χ2n) is 8.25. The molecule has 0 spiro atoms. The minimum absolute atomic E-state index is 0.0837. The summed E-state index contributed by atoms with van der Waals surface area (Å²) in [6, 6.07) is 7.39. The molecule has 0 radical (unpaired) electrons. The summed E-state index contributed by atoms with van der Waals surface area (Å²) in [6.07, 6.45) is 2.70. The van der Waals surface area contributed by atoms with Crippen molar-refractivity contribution in [3.05, 3.63) is 59.2 Å². The summed E-state index contributed by atoms with van der Waals surface area (Å²) in [7, 11) is -1.99. The Hall–Kier alpha value is -2.36. The highest BCUT2D eigenvalue weighted by molar-refractivity contribution is 7.89. The number of hydrogen-bond acceptors (Lipinski definition) is 4. The van der Waals surface area contributed by atoms with Gasteiger partial charge in [-0.1, -0.05) is 12.5 Å². The molecule has 0 aliphatic carbocycles. The van der Waals surface area contributed by atoms with E-state index in [4.69, 9.17) is 0 Å². The fraction of sp³-hybridized carbons (Fsp3) is 0.435. The third-order valence-electron chi connectivity index (χ3n) is 5.90. The van der Waals surface area contributed by atoms with Crippen LogP contribution in [0.1, 0.15) is 43.4 Å². The lowest BCUT2D eigenvalue weighted by molar-refractivity contribution is -0.117. The van der Waals surface area contributed by atoms with Crippen molar-refractivity contribution in [2.75, 3.05) is 32.0 Å². The van der Waals surface area contributed by atoms with E-state index in [-0.39, 0.29) is 22.9 Å². The van der Waals surface area contributed by atoms with Crippen molar-refractivity contribution in [2.45, 2.75) is 44.0 Å². The second kappa shape index (κ2) is 10.1. The molecule has 2 aromatic rings. The van der Waals surface area contributed by atoms with Crippen molar-refractivity contribution in [1.29, 1.82) is 0 Å². The van der Waals surface area contributed by atoms with Crippen molar-refractivity contribution in [3.8, 4) is 0 Å². The van der Waals surface area contributed by atoms with Crippen LogP contribution in [-0.4, -0.2) is 50.2 Å². The van der Waals surface area contributed by atoms with Gasteiger partial charge in [0.15, 0.2) is 0 Å². The first-order valence-corrected chi connectivity index (χ1v) is 12.1. The number of carbonyl (C=O) groups excluding carboxylic acids is 1. The van der Waals surface area contributed by atoms with Crippen molar-refractivity contribution in [1.82, 2.24) is 9.21 Å². The number of carbonyl (C=O) groups is 1. The molecule has 1 aliphatic heterocycles. The predicted molar refractivity (Wildman–Crippen MR) is 120 cm³/mol. The first-order valence-electron chi connectivity index (χ1n) is 10.7. The summed E-state index contributed by atoms with van der Waals surface area (Å²) in [4.78, 5) is 14.4. The molecule has 1 saturated heterocycles.